The van der Waals surface area contributed by atoms with E-state index in [1.54, 1.807) is 0 Å². The Morgan fingerprint density at radius 2 is 1.64 bits per heavy atom. The Kier molecular flexibility index (Phi) is 8.39. The molecule has 182 valence electrons. The van der Waals surface area contributed by atoms with Gasteiger partial charge < -0.3 is 14.5 Å². The minimum Gasteiger partial charge on any atom is -0.375 e. The van der Waals surface area contributed by atoms with Crippen LogP contribution in [0.4, 0.5) is 0 Å². The molecule has 4 rings (SSSR count). The van der Waals surface area contributed by atoms with Crippen molar-refractivity contribution in [2.75, 3.05) is 32.7 Å². The van der Waals surface area contributed by atoms with Crippen LogP contribution < -0.4 is 5.48 Å². The van der Waals surface area contributed by atoms with Crippen LogP contribution in [-0.2, 0) is 14.3 Å². The molecule has 3 atom stereocenters. The maximum Gasteiger partial charge on any atom is 0.247 e. The first-order chi connectivity index (χ1) is 16.1. The van der Waals surface area contributed by atoms with Gasteiger partial charge in [-0.25, -0.2) is 5.48 Å². The first-order valence-electron chi connectivity index (χ1n) is 12.7. The summed E-state index contributed by atoms with van der Waals surface area (Å²) < 4.78 is 6.37. The number of hydrogen-bond acceptors (Lipinski definition) is 5. The molecule has 2 aliphatic heterocycles. The van der Waals surface area contributed by atoms with E-state index in [1.165, 1.54) is 5.56 Å². The average molecular weight is 458 g/mol. The Morgan fingerprint density at radius 3 is 2.27 bits per heavy atom. The third kappa shape index (κ3) is 5.94. The predicted molar refractivity (Wildman–Crippen MR) is 126 cm³/mol. The Bertz CT molecular complexity index is 773. The van der Waals surface area contributed by atoms with Gasteiger partial charge in [-0.3, -0.25) is 14.8 Å². The molecule has 0 aromatic heterocycles. The standard InChI is InChI=1S/C26H39N3O4/c1-2-28-14-12-21(13-15-28)33-22-8-9-23(24(18-22)25(30)27-32)26(31)29-16-10-20(11-17-29)19-6-4-3-5-7-19/h3-7,20-24,32H,2,8-18H2,1H3,(H,27,30)/t22-,23+,24+/m1/s1. The van der Waals surface area contributed by atoms with E-state index in [0.717, 1.165) is 64.8 Å². The van der Waals surface area contributed by atoms with Crippen LogP contribution >= 0.6 is 0 Å². The maximum absolute atomic E-state index is 13.4. The molecule has 33 heavy (non-hydrogen) atoms. The SMILES string of the molecule is CCN1CCC(O[C@@H]2CC[C@H](C(=O)N3CCC(c4ccccc4)CC3)[C@@H](C(=O)NO)C2)CC1. The smallest absolute Gasteiger partial charge is 0.247 e. The third-order valence-electron chi connectivity index (χ3n) is 8.01. The molecule has 0 radical (unpaired) electrons. The van der Waals surface area contributed by atoms with Crippen molar-refractivity contribution in [3.8, 4) is 0 Å². The number of likely N-dealkylation sites (tertiary alicyclic amines) is 2. The second kappa shape index (κ2) is 11.4. The summed E-state index contributed by atoms with van der Waals surface area (Å²) in [5.41, 5.74) is 3.15. The van der Waals surface area contributed by atoms with Gasteiger partial charge >= 0.3 is 0 Å². The Hall–Kier alpha value is -1.96. The number of nitrogens with zero attached hydrogens (tertiary/aromatic N) is 2. The number of amides is 2. The fraction of sp³-hybridized carbons (Fsp3) is 0.692. The molecule has 1 aliphatic carbocycles. The van der Waals surface area contributed by atoms with Crippen molar-refractivity contribution in [1.29, 1.82) is 0 Å². The lowest BCUT2D eigenvalue weighted by atomic mass is 9.76. The summed E-state index contributed by atoms with van der Waals surface area (Å²) in [5, 5.41) is 9.35. The van der Waals surface area contributed by atoms with Crippen molar-refractivity contribution in [3.63, 3.8) is 0 Å². The Balaban J connectivity index is 1.32. The highest BCUT2D eigenvalue weighted by molar-refractivity contribution is 5.87. The molecule has 0 bridgehead atoms. The van der Waals surface area contributed by atoms with Crippen molar-refractivity contribution in [3.05, 3.63) is 35.9 Å². The third-order valence-corrected chi connectivity index (χ3v) is 8.01. The number of piperidine rings is 2. The monoisotopic (exact) mass is 457 g/mol. The largest absolute Gasteiger partial charge is 0.375 e. The molecule has 7 heteroatoms. The maximum atomic E-state index is 13.4. The lowest BCUT2D eigenvalue weighted by Gasteiger charge is -2.40. The topological polar surface area (TPSA) is 82.1 Å². The summed E-state index contributed by atoms with van der Waals surface area (Å²) in [6.45, 7) is 6.79. The normalized spacial score (nSPS) is 27.9. The van der Waals surface area contributed by atoms with E-state index in [9.17, 15) is 14.8 Å². The van der Waals surface area contributed by atoms with Crippen LogP contribution in [0.1, 0.15) is 63.4 Å². The van der Waals surface area contributed by atoms with Crippen LogP contribution in [0.25, 0.3) is 0 Å². The van der Waals surface area contributed by atoms with Crippen molar-refractivity contribution in [1.82, 2.24) is 15.3 Å². The number of hydrogen-bond donors (Lipinski definition) is 2. The zero-order valence-corrected chi connectivity index (χ0v) is 19.8. The summed E-state index contributed by atoms with van der Waals surface area (Å²) in [6.07, 6.45) is 6.03. The molecule has 2 amide bonds. The lowest BCUT2D eigenvalue weighted by Crippen LogP contribution is -2.49. The molecule has 0 unspecified atom stereocenters. The van der Waals surface area contributed by atoms with Crippen molar-refractivity contribution in [2.45, 2.75) is 70.0 Å². The highest BCUT2D eigenvalue weighted by Gasteiger charge is 2.42. The van der Waals surface area contributed by atoms with Gasteiger partial charge in [0.1, 0.15) is 0 Å². The van der Waals surface area contributed by atoms with Crippen molar-refractivity contribution in [2.24, 2.45) is 11.8 Å². The van der Waals surface area contributed by atoms with E-state index in [0.29, 0.717) is 18.8 Å². The van der Waals surface area contributed by atoms with E-state index in [4.69, 9.17) is 4.74 Å². The van der Waals surface area contributed by atoms with Gasteiger partial charge in [-0.2, -0.15) is 0 Å². The molecule has 3 fully saturated rings. The second-order valence-electron chi connectivity index (χ2n) is 9.90. The molecule has 2 N–H and O–H groups in total. The molecule has 1 saturated carbocycles. The number of nitrogens with one attached hydrogen (secondary N) is 1. The molecule has 1 aromatic rings. The summed E-state index contributed by atoms with van der Waals surface area (Å²) in [4.78, 5) is 30.3. The van der Waals surface area contributed by atoms with E-state index in [2.05, 4.69) is 36.1 Å². The fourth-order valence-corrected chi connectivity index (χ4v) is 5.95. The van der Waals surface area contributed by atoms with Gasteiger partial charge in [-0.05, 0) is 63.0 Å². The van der Waals surface area contributed by atoms with Gasteiger partial charge in [0.15, 0.2) is 0 Å². The molecule has 1 aromatic carbocycles. The summed E-state index contributed by atoms with van der Waals surface area (Å²) in [7, 11) is 0. The van der Waals surface area contributed by atoms with Crippen LogP contribution in [0, 0.1) is 11.8 Å². The minimum atomic E-state index is -0.538. The van der Waals surface area contributed by atoms with Gasteiger partial charge in [0.05, 0.1) is 18.1 Å². The minimum absolute atomic E-state index is 0.0293. The second-order valence-corrected chi connectivity index (χ2v) is 9.90. The van der Waals surface area contributed by atoms with Gasteiger partial charge in [0.25, 0.3) is 0 Å². The Morgan fingerprint density at radius 1 is 0.939 bits per heavy atom. The zero-order valence-electron chi connectivity index (χ0n) is 19.8. The summed E-state index contributed by atoms with van der Waals surface area (Å²) in [6, 6.07) is 10.5. The highest BCUT2D eigenvalue weighted by atomic mass is 16.5. The number of benzene rings is 1. The first-order valence-corrected chi connectivity index (χ1v) is 12.7. The number of carbonyl (C=O) groups is 2. The lowest BCUT2D eigenvalue weighted by molar-refractivity contribution is -0.152. The molecule has 0 spiro atoms. The quantitative estimate of drug-likeness (QED) is 0.507. The molecular weight excluding hydrogens is 418 g/mol. The fourth-order valence-electron chi connectivity index (χ4n) is 5.95. The number of hydroxylamine groups is 1. The van der Waals surface area contributed by atoms with Crippen LogP contribution in [0.2, 0.25) is 0 Å². The van der Waals surface area contributed by atoms with E-state index < -0.39 is 11.8 Å². The number of carbonyl (C=O) groups excluding carboxylic acids is 2. The van der Waals surface area contributed by atoms with Gasteiger partial charge in [-0.1, -0.05) is 37.3 Å². The molecule has 7 nitrogen and oxygen atoms in total. The number of ether oxygens (including phenoxy) is 1. The van der Waals surface area contributed by atoms with Gasteiger partial charge in [0, 0.05) is 32.1 Å². The molecular formula is C26H39N3O4. The van der Waals surface area contributed by atoms with Crippen molar-refractivity contribution < 1.29 is 19.5 Å². The van der Waals surface area contributed by atoms with E-state index >= 15 is 0 Å². The van der Waals surface area contributed by atoms with Crippen LogP contribution in [0.3, 0.4) is 0 Å². The van der Waals surface area contributed by atoms with Gasteiger partial charge in [0.2, 0.25) is 11.8 Å². The van der Waals surface area contributed by atoms with E-state index in [-0.39, 0.29) is 24.0 Å². The average Bonchev–Trinajstić information content (AvgIpc) is 2.89. The predicted octanol–water partition coefficient (Wildman–Crippen LogP) is 3.18. The van der Waals surface area contributed by atoms with Crippen LogP contribution in [0.5, 0.6) is 0 Å². The number of rotatable bonds is 6. The molecule has 2 saturated heterocycles. The first kappa shape index (κ1) is 24.2. The molecule has 2 heterocycles. The molecule has 3 aliphatic rings. The summed E-state index contributed by atoms with van der Waals surface area (Å²) >= 11 is 0. The van der Waals surface area contributed by atoms with Gasteiger partial charge in [-0.15, -0.1) is 0 Å². The zero-order chi connectivity index (χ0) is 23.2. The van der Waals surface area contributed by atoms with Crippen LogP contribution in [0.15, 0.2) is 30.3 Å². The van der Waals surface area contributed by atoms with E-state index in [1.807, 2.05) is 16.4 Å². The van der Waals surface area contributed by atoms with Crippen molar-refractivity contribution >= 4 is 11.8 Å². The van der Waals surface area contributed by atoms with Crippen LogP contribution in [-0.4, -0.2) is 71.8 Å². The summed E-state index contributed by atoms with van der Waals surface area (Å²) in [5.74, 6) is -0.836. The highest BCUT2D eigenvalue weighted by Crippen LogP contribution is 2.36. The Labute approximate surface area is 197 Å².